The number of ether oxygens (including phenoxy) is 3. The minimum Gasteiger partial charge on any atom is -0.493 e. The molecular formula is C22H26N2O6S. The molecule has 2 rings (SSSR count). The van der Waals surface area contributed by atoms with Gasteiger partial charge in [0.2, 0.25) is 5.91 Å². The van der Waals surface area contributed by atoms with Gasteiger partial charge in [0, 0.05) is 30.7 Å². The van der Waals surface area contributed by atoms with E-state index in [9.17, 15) is 14.4 Å². The van der Waals surface area contributed by atoms with Crippen LogP contribution in [-0.2, 0) is 14.3 Å². The van der Waals surface area contributed by atoms with E-state index in [1.807, 2.05) is 0 Å². The van der Waals surface area contributed by atoms with Crippen molar-refractivity contribution in [1.82, 2.24) is 4.90 Å². The Hall–Kier alpha value is -3.20. The molecule has 0 heterocycles. The van der Waals surface area contributed by atoms with Gasteiger partial charge in [-0.3, -0.25) is 9.59 Å². The van der Waals surface area contributed by atoms with E-state index in [4.69, 9.17) is 14.2 Å². The number of amides is 2. The molecule has 0 aromatic heterocycles. The van der Waals surface area contributed by atoms with Crippen LogP contribution in [0, 0.1) is 0 Å². The number of hydrogen-bond acceptors (Lipinski definition) is 7. The highest BCUT2D eigenvalue weighted by Gasteiger charge is 2.22. The minimum absolute atomic E-state index is 0.0733. The predicted octanol–water partition coefficient (Wildman–Crippen LogP) is 3.07. The van der Waals surface area contributed by atoms with Crippen molar-refractivity contribution in [2.75, 3.05) is 39.4 Å². The minimum atomic E-state index is -1.04. The van der Waals surface area contributed by atoms with Crippen LogP contribution in [-0.4, -0.2) is 62.9 Å². The molecule has 0 aliphatic carbocycles. The van der Waals surface area contributed by atoms with Crippen LogP contribution in [0.15, 0.2) is 47.4 Å². The van der Waals surface area contributed by atoms with E-state index < -0.39 is 18.0 Å². The molecule has 166 valence electrons. The lowest BCUT2D eigenvalue weighted by molar-refractivity contribution is -0.126. The molecule has 2 aromatic carbocycles. The first kappa shape index (κ1) is 24.1. The summed E-state index contributed by atoms with van der Waals surface area (Å²) in [4.78, 5) is 39.1. The van der Waals surface area contributed by atoms with Gasteiger partial charge in [0.05, 0.1) is 25.5 Å². The number of thioether (sulfide) groups is 1. The SMILES string of the molecule is COc1ccc(NC(=O)C(C)OC(=O)c2ccccc2SCC(=O)N(C)C)cc1OC. The molecule has 0 bridgehead atoms. The molecule has 8 nitrogen and oxygen atoms in total. The maximum atomic E-state index is 12.6. The van der Waals surface area contributed by atoms with E-state index in [1.165, 1.54) is 37.8 Å². The van der Waals surface area contributed by atoms with Crippen LogP contribution in [0.25, 0.3) is 0 Å². The topological polar surface area (TPSA) is 94.2 Å². The Labute approximate surface area is 185 Å². The molecule has 0 aliphatic heterocycles. The molecule has 1 unspecified atom stereocenters. The Morgan fingerprint density at radius 2 is 1.71 bits per heavy atom. The zero-order valence-electron chi connectivity index (χ0n) is 18.1. The average molecular weight is 447 g/mol. The van der Waals surface area contributed by atoms with Crippen molar-refractivity contribution in [2.24, 2.45) is 0 Å². The van der Waals surface area contributed by atoms with Gasteiger partial charge in [0.25, 0.3) is 5.91 Å². The van der Waals surface area contributed by atoms with Gasteiger partial charge in [-0.2, -0.15) is 0 Å². The smallest absolute Gasteiger partial charge is 0.340 e. The fourth-order valence-corrected chi connectivity index (χ4v) is 3.48. The van der Waals surface area contributed by atoms with Gasteiger partial charge in [-0.05, 0) is 31.2 Å². The van der Waals surface area contributed by atoms with E-state index in [2.05, 4.69) is 5.32 Å². The van der Waals surface area contributed by atoms with E-state index in [1.54, 1.807) is 56.6 Å². The van der Waals surface area contributed by atoms with Crippen molar-refractivity contribution in [2.45, 2.75) is 17.9 Å². The van der Waals surface area contributed by atoms with Gasteiger partial charge >= 0.3 is 5.97 Å². The zero-order chi connectivity index (χ0) is 23.0. The van der Waals surface area contributed by atoms with E-state index in [-0.39, 0.29) is 11.7 Å². The van der Waals surface area contributed by atoms with Crippen LogP contribution in [0.4, 0.5) is 5.69 Å². The molecule has 0 radical (unpaired) electrons. The van der Waals surface area contributed by atoms with Gasteiger partial charge < -0.3 is 24.4 Å². The maximum Gasteiger partial charge on any atom is 0.340 e. The Bertz CT molecular complexity index is 947. The number of benzene rings is 2. The second kappa shape index (κ2) is 11.3. The first-order valence-corrected chi connectivity index (χ1v) is 10.4. The second-order valence-electron chi connectivity index (χ2n) is 6.68. The molecule has 0 aliphatic rings. The molecule has 2 aromatic rings. The van der Waals surface area contributed by atoms with Crippen molar-refractivity contribution < 1.29 is 28.6 Å². The van der Waals surface area contributed by atoms with Crippen molar-refractivity contribution in [3.63, 3.8) is 0 Å². The summed E-state index contributed by atoms with van der Waals surface area (Å²) in [6, 6.07) is 11.7. The lowest BCUT2D eigenvalue weighted by Crippen LogP contribution is -2.30. The number of anilines is 1. The number of carbonyl (C=O) groups excluding carboxylic acids is 3. The number of hydrogen-bond donors (Lipinski definition) is 1. The summed E-state index contributed by atoms with van der Waals surface area (Å²) in [5, 5.41) is 2.68. The number of methoxy groups -OCH3 is 2. The van der Waals surface area contributed by atoms with Crippen LogP contribution < -0.4 is 14.8 Å². The Kier molecular flexibility index (Phi) is 8.75. The van der Waals surface area contributed by atoms with Gasteiger partial charge in [-0.1, -0.05) is 12.1 Å². The van der Waals surface area contributed by atoms with Crippen LogP contribution >= 0.6 is 11.8 Å². The second-order valence-corrected chi connectivity index (χ2v) is 7.70. The number of carbonyl (C=O) groups is 3. The third-order valence-corrected chi connectivity index (χ3v) is 5.32. The first-order valence-electron chi connectivity index (χ1n) is 9.42. The summed E-state index contributed by atoms with van der Waals surface area (Å²) >= 11 is 1.24. The first-order chi connectivity index (χ1) is 14.8. The van der Waals surface area contributed by atoms with Crippen molar-refractivity contribution in [3.8, 4) is 11.5 Å². The van der Waals surface area contributed by atoms with Crippen molar-refractivity contribution in [1.29, 1.82) is 0 Å². The standard InChI is InChI=1S/C22H26N2O6S/c1-14(21(26)23-15-10-11-17(28-4)18(12-15)29-5)30-22(27)16-8-6-7-9-19(16)31-13-20(25)24(2)3/h6-12,14H,13H2,1-5H3,(H,23,26). The number of esters is 1. The number of nitrogens with one attached hydrogen (secondary N) is 1. The monoisotopic (exact) mass is 446 g/mol. The summed E-state index contributed by atoms with van der Waals surface area (Å²) in [7, 11) is 6.35. The molecule has 9 heteroatoms. The third kappa shape index (κ3) is 6.65. The van der Waals surface area contributed by atoms with Gasteiger partial charge in [0.15, 0.2) is 17.6 Å². The molecule has 0 saturated heterocycles. The zero-order valence-corrected chi connectivity index (χ0v) is 18.9. The highest BCUT2D eigenvalue weighted by Crippen LogP contribution is 2.30. The van der Waals surface area contributed by atoms with Gasteiger partial charge in [-0.15, -0.1) is 11.8 Å². The third-order valence-electron chi connectivity index (χ3n) is 4.26. The highest BCUT2D eigenvalue weighted by molar-refractivity contribution is 8.00. The number of rotatable bonds is 9. The maximum absolute atomic E-state index is 12.6. The largest absolute Gasteiger partial charge is 0.493 e. The quantitative estimate of drug-likeness (QED) is 0.467. The Morgan fingerprint density at radius 1 is 1.03 bits per heavy atom. The van der Waals surface area contributed by atoms with E-state index in [0.29, 0.717) is 27.6 Å². The molecular weight excluding hydrogens is 420 g/mol. The lowest BCUT2D eigenvalue weighted by Gasteiger charge is -2.16. The fraction of sp³-hybridized carbons (Fsp3) is 0.318. The van der Waals surface area contributed by atoms with E-state index in [0.717, 1.165) is 0 Å². The van der Waals surface area contributed by atoms with Crippen LogP contribution in [0.5, 0.6) is 11.5 Å². The highest BCUT2D eigenvalue weighted by atomic mass is 32.2. The Morgan fingerprint density at radius 3 is 2.35 bits per heavy atom. The molecule has 0 saturated carbocycles. The summed E-state index contributed by atoms with van der Waals surface area (Å²) < 4.78 is 15.7. The van der Waals surface area contributed by atoms with Crippen LogP contribution in [0.2, 0.25) is 0 Å². The lowest BCUT2D eigenvalue weighted by atomic mass is 10.2. The Balaban J connectivity index is 2.04. The predicted molar refractivity (Wildman–Crippen MR) is 119 cm³/mol. The summed E-state index contributed by atoms with van der Waals surface area (Å²) in [5.74, 6) is -0.0307. The number of nitrogens with zero attached hydrogens (tertiary/aromatic N) is 1. The summed E-state index contributed by atoms with van der Waals surface area (Å²) in [6.45, 7) is 1.49. The van der Waals surface area contributed by atoms with Crippen LogP contribution in [0.1, 0.15) is 17.3 Å². The molecule has 31 heavy (non-hydrogen) atoms. The van der Waals surface area contributed by atoms with Crippen molar-refractivity contribution in [3.05, 3.63) is 48.0 Å². The summed E-state index contributed by atoms with van der Waals surface area (Å²) in [5.41, 5.74) is 0.772. The van der Waals surface area contributed by atoms with Gasteiger partial charge in [0.1, 0.15) is 0 Å². The molecule has 2 amide bonds. The molecule has 0 fully saturated rings. The molecule has 1 atom stereocenters. The molecule has 1 N–H and O–H groups in total. The van der Waals surface area contributed by atoms with Crippen molar-refractivity contribution >= 4 is 35.2 Å². The van der Waals surface area contributed by atoms with Crippen LogP contribution in [0.3, 0.4) is 0 Å². The van der Waals surface area contributed by atoms with E-state index >= 15 is 0 Å². The fourth-order valence-electron chi connectivity index (χ4n) is 2.47. The molecule has 0 spiro atoms. The normalized spacial score (nSPS) is 11.3. The average Bonchev–Trinajstić information content (AvgIpc) is 2.77. The van der Waals surface area contributed by atoms with Gasteiger partial charge in [-0.25, -0.2) is 4.79 Å². The summed E-state index contributed by atoms with van der Waals surface area (Å²) in [6.07, 6.45) is -1.04.